The summed E-state index contributed by atoms with van der Waals surface area (Å²) in [6.07, 6.45) is 0.144. The van der Waals surface area contributed by atoms with Gasteiger partial charge >= 0.3 is 5.97 Å². The highest BCUT2D eigenvalue weighted by atomic mass is 32.2. The second kappa shape index (κ2) is 14.4. The molecule has 4 rings (SSSR count). The quantitative estimate of drug-likeness (QED) is 0.132. The van der Waals surface area contributed by atoms with Crippen LogP contribution in [0.15, 0.2) is 84.9 Å². The van der Waals surface area contributed by atoms with Crippen molar-refractivity contribution in [2.45, 2.75) is 39.5 Å². The topological polar surface area (TPSA) is 134 Å². The van der Waals surface area contributed by atoms with Crippen LogP contribution in [0.2, 0.25) is 0 Å². The molecule has 0 radical (unpaired) electrons. The number of anilines is 1. The smallest absolute Gasteiger partial charge is 0.335 e. The highest BCUT2D eigenvalue weighted by molar-refractivity contribution is 7.92. The van der Waals surface area contributed by atoms with E-state index in [2.05, 4.69) is 10.0 Å². The third kappa shape index (κ3) is 8.82. The lowest BCUT2D eigenvalue weighted by Crippen LogP contribution is -2.35. The fourth-order valence-corrected chi connectivity index (χ4v) is 5.42. The van der Waals surface area contributed by atoms with Crippen LogP contribution in [0, 0.1) is 13.8 Å². The van der Waals surface area contributed by atoms with Crippen LogP contribution in [-0.2, 0) is 16.6 Å². The first kappa shape index (κ1) is 32.5. The summed E-state index contributed by atoms with van der Waals surface area (Å²) >= 11 is 0. The predicted octanol–water partition coefficient (Wildman–Crippen LogP) is 5.71. The van der Waals surface area contributed by atoms with Crippen molar-refractivity contribution in [3.05, 3.63) is 113 Å². The highest BCUT2D eigenvalue weighted by Crippen LogP contribution is 2.32. The number of carbonyl (C=O) groups is 1. The maximum atomic E-state index is 12.0. The Morgan fingerprint density at radius 1 is 0.886 bits per heavy atom. The van der Waals surface area contributed by atoms with Gasteiger partial charge in [0.05, 0.1) is 23.6 Å². The third-order valence-electron chi connectivity index (χ3n) is 7.09. The maximum Gasteiger partial charge on any atom is 0.335 e. The molecule has 10 heteroatoms. The molecule has 0 aliphatic heterocycles. The van der Waals surface area contributed by atoms with Gasteiger partial charge in [0.25, 0.3) is 0 Å². The largest absolute Gasteiger partial charge is 0.492 e. The molecule has 0 saturated heterocycles. The number of hydrogen-bond acceptors (Lipinski definition) is 7. The van der Waals surface area contributed by atoms with Crippen molar-refractivity contribution in [1.82, 2.24) is 5.32 Å². The van der Waals surface area contributed by atoms with Crippen molar-refractivity contribution in [2.75, 3.05) is 24.1 Å². The summed E-state index contributed by atoms with van der Waals surface area (Å²) in [4.78, 5) is 11.2. The number of aliphatic hydroxyl groups is 1. The van der Waals surface area contributed by atoms with Gasteiger partial charge in [0.1, 0.15) is 24.7 Å². The van der Waals surface area contributed by atoms with Gasteiger partial charge in [0.15, 0.2) is 0 Å². The Labute approximate surface area is 258 Å². The van der Waals surface area contributed by atoms with E-state index in [0.29, 0.717) is 24.5 Å². The number of rotatable bonds is 14. The van der Waals surface area contributed by atoms with Crippen LogP contribution < -0.4 is 19.5 Å². The predicted molar refractivity (Wildman–Crippen MR) is 172 cm³/mol. The van der Waals surface area contributed by atoms with Gasteiger partial charge in [-0.05, 0) is 90.6 Å². The van der Waals surface area contributed by atoms with Gasteiger partial charge in [-0.25, -0.2) is 13.2 Å². The molecule has 44 heavy (non-hydrogen) atoms. The van der Waals surface area contributed by atoms with E-state index in [1.807, 2.05) is 63.2 Å². The van der Waals surface area contributed by atoms with Crippen LogP contribution in [0.5, 0.6) is 11.5 Å². The lowest BCUT2D eigenvalue weighted by Gasteiger charge is -2.23. The van der Waals surface area contributed by atoms with E-state index >= 15 is 0 Å². The molecule has 0 aliphatic rings. The summed E-state index contributed by atoms with van der Waals surface area (Å²) in [6.45, 7) is 6.86. The number of hydrogen-bond donors (Lipinski definition) is 4. The summed E-state index contributed by atoms with van der Waals surface area (Å²) in [5.41, 5.74) is 5.76. The Morgan fingerprint density at radius 3 is 2.16 bits per heavy atom. The number of nitrogens with one attached hydrogen (secondary N) is 2. The van der Waals surface area contributed by atoms with Crippen molar-refractivity contribution >= 4 is 21.7 Å². The third-order valence-corrected chi connectivity index (χ3v) is 7.68. The van der Waals surface area contributed by atoms with Gasteiger partial charge in [-0.15, -0.1) is 0 Å². The van der Waals surface area contributed by atoms with Gasteiger partial charge in [-0.2, -0.15) is 0 Å². The SMILES string of the molecule is Cc1cc(-c2ccc(C(=O)O)cc2)cc(C)c1OCCN[C@@H](C)[C@H](O)c1ccc(OCc2ccccc2)c(NS(C)(=O)=O)c1. The van der Waals surface area contributed by atoms with Crippen molar-refractivity contribution < 1.29 is 32.9 Å². The molecule has 0 heterocycles. The average molecular weight is 619 g/mol. The Bertz CT molecular complexity index is 1670. The first-order valence-corrected chi connectivity index (χ1v) is 16.1. The number of sulfonamides is 1. The van der Waals surface area contributed by atoms with Crippen molar-refractivity contribution in [3.8, 4) is 22.6 Å². The zero-order valence-electron chi connectivity index (χ0n) is 25.2. The second-order valence-corrected chi connectivity index (χ2v) is 12.5. The highest BCUT2D eigenvalue weighted by Gasteiger charge is 2.19. The van der Waals surface area contributed by atoms with Crippen LogP contribution in [0.4, 0.5) is 5.69 Å². The van der Waals surface area contributed by atoms with Gasteiger partial charge in [0, 0.05) is 12.6 Å². The molecule has 0 aromatic heterocycles. The number of carboxylic acids is 1. The van der Waals surface area contributed by atoms with Crippen LogP contribution in [0.25, 0.3) is 11.1 Å². The van der Waals surface area contributed by atoms with Crippen LogP contribution >= 0.6 is 0 Å². The molecular weight excluding hydrogens is 580 g/mol. The molecule has 0 saturated carbocycles. The minimum absolute atomic E-state index is 0.241. The summed E-state index contributed by atoms with van der Waals surface area (Å²) in [5.74, 6) is 0.172. The Kier molecular flexibility index (Phi) is 10.6. The monoisotopic (exact) mass is 618 g/mol. The number of aromatic carboxylic acids is 1. The molecule has 0 aliphatic carbocycles. The van der Waals surface area contributed by atoms with Gasteiger partial charge < -0.3 is 25.0 Å². The molecular formula is C34H38N2O7S. The molecule has 0 amide bonds. The summed E-state index contributed by atoms with van der Waals surface area (Å²) < 4.78 is 38.5. The molecule has 0 spiro atoms. The first-order chi connectivity index (χ1) is 20.9. The molecule has 4 N–H and O–H groups in total. The second-order valence-electron chi connectivity index (χ2n) is 10.8. The molecule has 2 atom stereocenters. The van der Waals surface area contributed by atoms with Gasteiger partial charge in [-0.3, -0.25) is 4.72 Å². The van der Waals surface area contributed by atoms with E-state index in [0.717, 1.165) is 39.8 Å². The fourth-order valence-electron chi connectivity index (χ4n) is 4.86. The Hall–Kier alpha value is -4.38. The van der Waals surface area contributed by atoms with Crippen LogP contribution in [0.1, 0.15) is 45.6 Å². The number of carboxylic acid groups (broad SMARTS) is 1. The number of aryl methyl sites for hydroxylation is 2. The van der Waals surface area contributed by atoms with E-state index in [9.17, 15) is 18.3 Å². The number of benzene rings is 4. The van der Waals surface area contributed by atoms with Crippen LogP contribution in [-0.4, -0.2) is 50.0 Å². The first-order valence-electron chi connectivity index (χ1n) is 14.2. The van der Waals surface area contributed by atoms with Gasteiger partial charge in [0.2, 0.25) is 10.0 Å². The van der Waals surface area contributed by atoms with Crippen molar-refractivity contribution in [1.29, 1.82) is 0 Å². The fraction of sp³-hybridized carbons (Fsp3) is 0.265. The number of aliphatic hydroxyl groups excluding tert-OH is 1. The normalized spacial score (nSPS) is 12.8. The maximum absolute atomic E-state index is 12.0. The molecule has 0 fully saturated rings. The standard InChI is InChI=1S/C34H38N2O7S/c1-22-18-29(26-10-12-27(13-11-26)34(38)39)19-23(2)33(22)42-17-16-35-24(3)32(37)28-14-15-31(30(20-28)36-44(4,40)41)43-21-25-8-6-5-7-9-25/h5-15,18-20,24,32,35-37H,16-17,21H2,1-4H3,(H,38,39)/t24-,32-/m0/s1. The van der Waals surface area contributed by atoms with E-state index in [1.165, 1.54) is 0 Å². The molecule has 4 aromatic rings. The lowest BCUT2D eigenvalue weighted by atomic mass is 9.99. The lowest BCUT2D eigenvalue weighted by molar-refractivity contribution is 0.0697. The Balaban J connectivity index is 1.35. The summed E-state index contributed by atoms with van der Waals surface area (Å²) in [5, 5.41) is 23.5. The van der Waals surface area contributed by atoms with E-state index < -0.39 is 22.1 Å². The zero-order valence-corrected chi connectivity index (χ0v) is 26.0. The average Bonchev–Trinajstić information content (AvgIpc) is 2.98. The molecule has 4 aromatic carbocycles. The minimum atomic E-state index is -3.59. The molecule has 232 valence electrons. The number of ether oxygens (including phenoxy) is 2. The van der Waals surface area contributed by atoms with Crippen molar-refractivity contribution in [3.63, 3.8) is 0 Å². The summed E-state index contributed by atoms with van der Waals surface area (Å²) in [6, 6.07) is 24.9. The Morgan fingerprint density at radius 2 is 1.55 bits per heavy atom. The van der Waals surface area contributed by atoms with Gasteiger partial charge in [-0.1, -0.05) is 48.5 Å². The molecule has 9 nitrogen and oxygen atoms in total. The van der Waals surface area contributed by atoms with Crippen LogP contribution in [0.3, 0.4) is 0 Å². The van der Waals surface area contributed by atoms with Crippen molar-refractivity contribution in [2.24, 2.45) is 0 Å². The molecule has 0 unspecified atom stereocenters. The molecule has 0 bridgehead atoms. The summed E-state index contributed by atoms with van der Waals surface area (Å²) in [7, 11) is -3.59. The minimum Gasteiger partial charge on any atom is -0.492 e. The van der Waals surface area contributed by atoms with E-state index in [1.54, 1.807) is 42.5 Å². The van der Waals surface area contributed by atoms with E-state index in [-0.39, 0.29) is 23.9 Å². The zero-order chi connectivity index (χ0) is 31.9. The van der Waals surface area contributed by atoms with E-state index in [4.69, 9.17) is 14.6 Å².